The molecule has 0 aliphatic carbocycles. The molecule has 0 fully saturated rings. The van der Waals surface area contributed by atoms with Gasteiger partial charge in [-0.15, -0.1) is 0 Å². The van der Waals surface area contributed by atoms with Gasteiger partial charge in [-0.05, 0) is 18.2 Å². The van der Waals surface area contributed by atoms with Gasteiger partial charge in [-0.2, -0.15) is 0 Å². The number of carboxylic acids is 1. The van der Waals surface area contributed by atoms with Gasteiger partial charge < -0.3 is 9.84 Å². The van der Waals surface area contributed by atoms with Crippen LogP contribution in [0.15, 0.2) is 30.3 Å². The molecule has 0 bridgehead atoms. The van der Waals surface area contributed by atoms with Gasteiger partial charge in [-0.1, -0.05) is 12.1 Å². The van der Waals surface area contributed by atoms with Crippen molar-refractivity contribution in [3.05, 3.63) is 41.7 Å². The Labute approximate surface area is 91.1 Å². The number of aromatic carboxylic acids is 1. The van der Waals surface area contributed by atoms with Crippen LogP contribution in [0, 0.1) is 5.82 Å². The van der Waals surface area contributed by atoms with E-state index in [1.807, 2.05) is 0 Å². The zero-order valence-electron chi connectivity index (χ0n) is 8.53. The zero-order chi connectivity index (χ0) is 11.7. The van der Waals surface area contributed by atoms with Crippen LogP contribution in [-0.4, -0.2) is 18.2 Å². The quantitative estimate of drug-likeness (QED) is 0.846. The summed E-state index contributed by atoms with van der Waals surface area (Å²) in [5.74, 6) is -1.26. The highest BCUT2D eigenvalue weighted by Gasteiger charge is 2.14. The maximum Gasteiger partial charge on any atom is 0.336 e. The molecule has 0 unspecified atom stereocenters. The lowest BCUT2D eigenvalue weighted by atomic mass is 10.0. The van der Waals surface area contributed by atoms with Gasteiger partial charge in [-0.3, -0.25) is 0 Å². The molecule has 4 heteroatoms. The fraction of sp³-hybridized carbons (Fsp3) is 0.0833. The number of carbonyl (C=O) groups is 1. The normalized spacial score (nSPS) is 10.4. The summed E-state index contributed by atoms with van der Waals surface area (Å²) in [7, 11) is 1.46. The molecule has 1 N–H and O–H groups in total. The molecule has 0 radical (unpaired) electrons. The number of methoxy groups -OCH3 is 1. The topological polar surface area (TPSA) is 46.5 Å². The van der Waals surface area contributed by atoms with Crippen molar-refractivity contribution in [1.29, 1.82) is 0 Å². The summed E-state index contributed by atoms with van der Waals surface area (Å²) in [6, 6.07) is 7.24. The smallest absolute Gasteiger partial charge is 0.336 e. The molecule has 0 aliphatic heterocycles. The number of benzene rings is 2. The second kappa shape index (κ2) is 3.81. The SMILES string of the molecule is COc1ccc(C(=O)O)c2c(F)cccc12. The Morgan fingerprint density at radius 2 is 2.06 bits per heavy atom. The van der Waals surface area contributed by atoms with Crippen LogP contribution in [0.2, 0.25) is 0 Å². The van der Waals surface area contributed by atoms with E-state index < -0.39 is 11.8 Å². The number of hydrogen-bond donors (Lipinski definition) is 1. The van der Waals surface area contributed by atoms with Crippen molar-refractivity contribution in [2.45, 2.75) is 0 Å². The molecule has 0 heterocycles. The third-order valence-electron chi connectivity index (χ3n) is 2.40. The summed E-state index contributed by atoms with van der Waals surface area (Å²) >= 11 is 0. The molecule has 82 valence electrons. The van der Waals surface area contributed by atoms with E-state index in [1.165, 1.54) is 31.4 Å². The molecular weight excluding hydrogens is 211 g/mol. The molecule has 3 nitrogen and oxygen atoms in total. The van der Waals surface area contributed by atoms with Gasteiger partial charge in [0.25, 0.3) is 0 Å². The average molecular weight is 220 g/mol. The second-order valence-electron chi connectivity index (χ2n) is 3.28. The maximum absolute atomic E-state index is 13.6. The van der Waals surface area contributed by atoms with Crippen LogP contribution >= 0.6 is 0 Å². The van der Waals surface area contributed by atoms with Crippen LogP contribution in [0.5, 0.6) is 5.75 Å². The van der Waals surface area contributed by atoms with Crippen LogP contribution in [0.4, 0.5) is 4.39 Å². The Bertz CT molecular complexity index is 563. The Hall–Kier alpha value is -2.10. The second-order valence-corrected chi connectivity index (χ2v) is 3.28. The number of hydrogen-bond acceptors (Lipinski definition) is 2. The highest BCUT2D eigenvalue weighted by atomic mass is 19.1. The maximum atomic E-state index is 13.6. The van der Waals surface area contributed by atoms with Crippen molar-refractivity contribution < 1.29 is 19.0 Å². The first-order valence-electron chi connectivity index (χ1n) is 4.63. The Kier molecular flexibility index (Phi) is 2.48. The third-order valence-corrected chi connectivity index (χ3v) is 2.40. The van der Waals surface area contributed by atoms with E-state index >= 15 is 0 Å². The number of fused-ring (bicyclic) bond motifs is 1. The van der Waals surface area contributed by atoms with E-state index in [-0.39, 0.29) is 10.9 Å². The van der Waals surface area contributed by atoms with E-state index in [2.05, 4.69) is 0 Å². The minimum absolute atomic E-state index is 0.0612. The van der Waals surface area contributed by atoms with Gasteiger partial charge in [0.2, 0.25) is 0 Å². The molecule has 2 aromatic rings. The van der Waals surface area contributed by atoms with Crippen LogP contribution in [0.1, 0.15) is 10.4 Å². The van der Waals surface area contributed by atoms with Gasteiger partial charge in [0, 0.05) is 10.8 Å². The molecule has 0 spiro atoms. The average Bonchev–Trinajstić information content (AvgIpc) is 2.28. The molecule has 0 saturated heterocycles. The summed E-state index contributed by atoms with van der Waals surface area (Å²) in [4.78, 5) is 11.0. The monoisotopic (exact) mass is 220 g/mol. The van der Waals surface area contributed by atoms with Gasteiger partial charge in [0.1, 0.15) is 11.6 Å². The minimum Gasteiger partial charge on any atom is -0.496 e. The predicted molar refractivity (Wildman–Crippen MR) is 57.4 cm³/mol. The van der Waals surface area contributed by atoms with Crippen molar-refractivity contribution in [3.8, 4) is 5.75 Å². The fourth-order valence-corrected chi connectivity index (χ4v) is 1.69. The van der Waals surface area contributed by atoms with E-state index in [0.717, 1.165) is 0 Å². The summed E-state index contributed by atoms with van der Waals surface area (Å²) < 4.78 is 18.7. The van der Waals surface area contributed by atoms with Crippen molar-refractivity contribution in [2.24, 2.45) is 0 Å². The largest absolute Gasteiger partial charge is 0.496 e. The van der Waals surface area contributed by atoms with Crippen LogP contribution in [0.3, 0.4) is 0 Å². The summed E-state index contributed by atoms with van der Waals surface area (Å²) in [6.45, 7) is 0. The molecular formula is C12H9FO3. The highest BCUT2D eigenvalue weighted by Crippen LogP contribution is 2.30. The molecule has 0 saturated carbocycles. The summed E-state index contributed by atoms with van der Waals surface area (Å²) in [5, 5.41) is 9.50. The van der Waals surface area contributed by atoms with Crippen LogP contribution in [-0.2, 0) is 0 Å². The Morgan fingerprint density at radius 3 is 2.69 bits per heavy atom. The molecule has 0 aliphatic rings. The number of carboxylic acid groups (broad SMARTS) is 1. The number of ether oxygens (including phenoxy) is 1. The van der Waals surface area contributed by atoms with Gasteiger partial charge in [0.05, 0.1) is 12.7 Å². The summed E-state index contributed by atoms with van der Waals surface area (Å²) in [5.41, 5.74) is -0.0612. The lowest BCUT2D eigenvalue weighted by Crippen LogP contribution is -2.00. The molecule has 0 amide bonds. The first-order chi connectivity index (χ1) is 7.65. The Balaban J connectivity index is 2.92. The van der Waals surface area contributed by atoms with E-state index in [4.69, 9.17) is 9.84 Å². The van der Waals surface area contributed by atoms with E-state index in [9.17, 15) is 9.18 Å². The van der Waals surface area contributed by atoms with Crippen LogP contribution in [0.25, 0.3) is 10.8 Å². The van der Waals surface area contributed by atoms with Crippen molar-refractivity contribution in [2.75, 3.05) is 7.11 Å². The standard InChI is InChI=1S/C12H9FO3/c1-16-10-6-5-8(12(14)15)11-7(10)3-2-4-9(11)13/h2-6H,1H3,(H,14,15). The van der Waals surface area contributed by atoms with Crippen molar-refractivity contribution in [1.82, 2.24) is 0 Å². The molecule has 2 rings (SSSR count). The number of rotatable bonds is 2. The molecule has 0 aromatic heterocycles. The first-order valence-corrected chi connectivity index (χ1v) is 4.63. The van der Waals surface area contributed by atoms with Gasteiger partial charge in [-0.25, -0.2) is 9.18 Å². The lowest BCUT2D eigenvalue weighted by molar-refractivity contribution is 0.0698. The van der Waals surface area contributed by atoms with E-state index in [0.29, 0.717) is 11.1 Å². The first kappa shape index (κ1) is 10.4. The fourth-order valence-electron chi connectivity index (χ4n) is 1.69. The third kappa shape index (κ3) is 1.48. The Morgan fingerprint density at radius 1 is 1.31 bits per heavy atom. The zero-order valence-corrected chi connectivity index (χ0v) is 8.53. The lowest BCUT2D eigenvalue weighted by Gasteiger charge is -2.08. The van der Waals surface area contributed by atoms with Crippen molar-refractivity contribution >= 4 is 16.7 Å². The molecule has 16 heavy (non-hydrogen) atoms. The predicted octanol–water partition coefficient (Wildman–Crippen LogP) is 2.69. The minimum atomic E-state index is -1.15. The highest BCUT2D eigenvalue weighted by molar-refractivity contribution is 6.05. The van der Waals surface area contributed by atoms with Crippen LogP contribution < -0.4 is 4.74 Å². The summed E-state index contributed by atoms with van der Waals surface area (Å²) in [6.07, 6.45) is 0. The van der Waals surface area contributed by atoms with Gasteiger partial charge >= 0.3 is 5.97 Å². The molecule has 0 atom stereocenters. The molecule has 2 aromatic carbocycles. The van der Waals surface area contributed by atoms with Crippen molar-refractivity contribution in [3.63, 3.8) is 0 Å². The number of halogens is 1. The van der Waals surface area contributed by atoms with E-state index in [1.54, 1.807) is 6.07 Å². The van der Waals surface area contributed by atoms with Gasteiger partial charge in [0.15, 0.2) is 0 Å².